The third kappa shape index (κ3) is 4.69. The van der Waals surface area contributed by atoms with E-state index in [9.17, 15) is 8.78 Å². The number of hydrogen-bond acceptors (Lipinski definition) is 2. The molecule has 2 atom stereocenters. The van der Waals surface area contributed by atoms with Crippen molar-refractivity contribution in [2.75, 3.05) is 6.54 Å². The summed E-state index contributed by atoms with van der Waals surface area (Å²) >= 11 is 0. The molecule has 1 aromatic rings. The van der Waals surface area contributed by atoms with Gasteiger partial charge in [0.05, 0.1) is 6.10 Å². The third-order valence-corrected chi connectivity index (χ3v) is 2.46. The van der Waals surface area contributed by atoms with E-state index in [1.54, 1.807) is 0 Å². The Morgan fingerprint density at radius 2 is 2.00 bits per heavy atom. The van der Waals surface area contributed by atoms with Gasteiger partial charge >= 0.3 is 0 Å². The van der Waals surface area contributed by atoms with E-state index in [1.165, 1.54) is 12.1 Å². The molecular weight excluding hydrogens is 224 g/mol. The van der Waals surface area contributed by atoms with Gasteiger partial charge in [-0.3, -0.25) is 0 Å². The summed E-state index contributed by atoms with van der Waals surface area (Å²) in [5.74, 6) is -1.15. The molecule has 4 heteroatoms. The van der Waals surface area contributed by atoms with E-state index < -0.39 is 11.6 Å². The van der Waals surface area contributed by atoms with E-state index in [4.69, 9.17) is 4.74 Å². The van der Waals surface area contributed by atoms with Crippen LogP contribution in [0.15, 0.2) is 18.2 Å². The molecule has 1 rings (SSSR count). The van der Waals surface area contributed by atoms with Crippen molar-refractivity contribution in [3.8, 4) is 5.75 Å². The highest BCUT2D eigenvalue weighted by atomic mass is 19.1. The summed E-state index contributed by atoms with van der Waals surface area (Å²) in [4.78, 5) is 0. The lowest BCUT2D eigenvalue weighted by Gasteiger charge is -2.19. The van der Waals surface area contributed by atoms with Gasteiger partial charge < -0.3 is 10.1 Å². The van der Waals surface area contributed by atoms with Crippen LogP contribution in [-0.2, 0) is 0 Å². The third-order valence-electron chi connectivity index (χ3n) is 2.46. The molecule has 2 unspecified atom stereocenters. The van der Waals surface area contributed by atoms with Crippen LogP contribution in [0.25, 0.3) is 0 Å². The minimum absolute atomic E-state index is 0.0996. The number of halogens is 2. The number of rotatable bonds is 6. The molecular formula is C13H19F2NO. The first kappa shape index (κ1) is 13.9. The summed E-state index contributed by atoms with van der Waals surface area (Å²) in [6.07, 6.45) is 0.647. The Bertz CT molecular complexity index is 357. The first-order valence-corrected chi connectivity index (χ1v) is 5.88. The highest BCUT2D eigenvalue weighted by molar-refractivity contribution is 5.24. The molecule has 0 aromatic heterocycles. The SMILES string of the molecule is CCNC(C)CC(C)Oc1ccc(F)cc1F. The highest BCUT2D eigenvalue weighted by Gasteiger charge is 2.12. The van der Waals surface area contributed by atoms with Gasteiger partial charge in [-0.05, 0) is 38.9 Å². The van der Waals surface area contributed by atoms with Gasteiger partial charge in [-0.1, -0.05) is 6.92 Å². The predicted molar refractivity (Wildman–Crippen MR) is 64.2 cm³/mol. The largest absolute Gasteiger partial charge is 0.488 e. The van der Waals surface area contributed by atoms with Crippen molar-refractivity contribution < 1.29 is 13.5 Å². The van der Waals surface area contributed by atoms with Gasteiger partial charge in [0.2, 0.25) is 0 Å². The van der Waals surface area contributed by atoms with Gasteiger partial charge in [-0.25, -0.2) is 8.78 Å². The molecule has 1 N–H and O–H groups in total. The van der Waals surface area contributed by atoms with Crippen molar-refractivity contribution in [1.29, 1.82) is 0 Å². The summed E-state index contributed by atoms with van der Waals surface area (Å²) in [5, 5.41) is 3.25. The molecule has 0 bridgehead atoms. The second kappa shape index (κ2) is 6.55. The van der Waals surface area contributed by atoms with Gasteiger partial charge in [0.1, 0.15) is 5.82 Å². The van der Waals surface area contributed by atoms with Crippen molar-refractivity contribution in [3.05, 3.63) is 29.8 Å². The van der Waals surface area contributed by atoms with Crippen LogP contribution in [0.5, 0.6) is 5.75 Å². The van der Waals surface area contributed by atoms with Gasteiger partial charge in [-0.15, -0.1) is 0 Å². The zero-order chi connectivity index (χ0) is 12.8. The highest BCUT2D eigenvalue weighted by Crippen LogP contribution is 2.20. The minimum atomic E-state index is -0.659. The molecule has 0 saturated heterocycles. The second-order valence-electron chi connectivity index (χ2n) is 4.20. The smallest absolute Gasteiger partial charge is 0.167 e. The van der Waals surface area contributed by atoms with Crippen molar-refractivity contribution in [3.63, 3.8) is 0 Å². The van der Waals surface area contributed by atoms with Crippen LogP contribution in [0.1, 0.15) is 27.2 Å². The van der Waals surface area contributed by atoms with Crippen LogP contribution in [0.3, 0.4) is 0 Å². The lowest BCUT2D eigenvalue weighted by atomic mass is 10.1. The molecule has 0 saturated carbocycles. The van der Waals surface area contributed by atoms with Crippen LogP contribution in [0.4, 0.5) is 8.78 Å². The number of benzene rings is 1. The van der Waals surface area contributed by atoms with E-state index in [1.807, 2.05) is 20.8 Å². The van der Waals surface area contributed by atoms with Gasteiger partial charge in [0.25, 0.3) is 0 Å². The van der Waals surface area contributed by atoms with Gasteiger partial charge in [0, 0.05) is 12.1 Å². The fraction of sp³-hybridized carbons (Fsp3) is 0.538. The van der Waals surface area contributed by atoms with Gasteiger partial charge in [0.15, 0.2) is 11.6 Å². The van der Waals surface area contributed by atoms with Crippen molar-refractivity contribution in [2.24, 2.45) is 0 Å². The normalized spacial score (nSPS) is 14.4. The predicted octanol–water partition coefficient (Wildman–Crippen LogP) is 3.12. The van der Waals surface area contributed by atoms with Gasteiger partial charge in [-0.2, -0.15) is 0 Å². The summed E-state index contributed by atoms with van der Waals surface area (Å²) in [6.45, 7) is 6.83. The molecule has 0 spiro atoms. The fourth-order valence-electron chi connectivity index (χ4n) is 1.77. The van der Waals surface area contributed by atoms with Crippen LogP contribution >= 0.6 is 0 Å². The fourth-order valence-corrected chi connectivity index (χ4v) is 1.77. The summed E-state index contributed by atoms with van der Waals surface area (Å²) in [7, 11) is 0. The lowest BCUT2D eigenvalue weighted by molar-refractivity contribution is 0.188. The van der Waals surface area contributed by atoms with Crippen molar-refractivity contribution >= 4 is 0 Å². The summed E-state index contributed by atoms with van der Waals surface area (Å²) in [5.41, 5.74) is 0. The Labute approximate surface area is 101 Å². The quantitative estimate of drug-likeness (QED) is 0.828. The first-order valence-electron chi connectivity index (χ1n) is 5.88. The average Bonchev–Trinajstić information content (AvgIpc) is 2.22. The van der Waals surface area contributed by atoms with Crippen LogP contribution < -0.4 is 10.1 Å². The summed E-state index contributed by atoms with van der Waals surface area (Å²) in [6, 6.07) is 3.65. The van der Waals surface area contributed by atoms with Crippen LogP contribution in [0, 0.1) is 11.6 Å². The van der Waals surface area contributed by atoms with Crippen LogP contribution in [-0.4, -0.2) is 18.7 Å². The lowest BCUT2D eigenvalue weighted by Crippen LogP contribution is -2.30. The molecule has 1 aromatic carbocycles. The Hall–Kier alpha value is -1.16. The van der Waals surface area contributed by atoms with E-state index in [-0.39, 0.29) is 11.9 Å². The first-order chi connectivity index (χ1) is 8.02. The monoisotopic (exact) mass is 243 g/mol. The van der Waals surface area contributed by atoms with Crippen LogP contribution in [0.2, 0.25) is 0 Å². The van der Waals surface area contributed by atoms with Crippen molar-refractivity contribution in [2.45, 2.75) is 39.3 Å². The van der Waals surface area contributed by atoms with E-state index in [0.717, 1.165) is 19.0 Å². The molecule has 0 radical (unpaired) electrons. The zero-order valence-corrected chi connectivity index (χ0v) is 10.5. The molecule has 96 valence electrons. The molecule has 0 heterocycles. The molecule has 2 nitrogen and oxygen atoms in total. The average molecular weight is 243 g/mol. The molecule has 0 aliphatic rings. The zero-order valence-electron chi connectivity index (χ0n) is 10.5. The molecule has 0 aliphatic heterocycles. The Balaban J connectivity index is 2.52. The summed E-state index contributed by atoms with van der Waals surface area (Å²) < 4.78 is 31.4. The minimum Gasteiger partial charge on any atom is -0.488 e. The van der Waals surface area contributed by atoms with E-state index in [0.29, 0.717) is 6.04 Å². The topological polar surface area (TPSA) is 21.3 Å². The Morgan fingerprint density at radius 3 is 2.59 bits per heavy atom. The maximum absolute atomic E-state index is 13.3. The molecule has 17 heavy (non-hydrogen) atoms. The maximum Gasteiger partial charge on any atom is 0.167 e. The van der Waals surface area contributed by atoms with E-state index >= 15 is 0 Å². The van der Waals surface area contributed by atoms with E-state index in [2.05, 4.69) is 5.32 Å². The number of hydrogen-bond donors (Lipinski definition) is 1. The second-order valence-corrected chi connectivity index (χ2v) is 4.20. The maximum atomic E-state index is 13.3. The Kier molecular flexibility index (Phi) is 5.35. The number of ether oxygens (including phenoxy) is 1. The molecule has 0 aliphatic carbocycles. The standard InChI is InChI=1S/C13H19F2NO/c1-4-16-9(2)7-10(3)17-13-6-5-11(14)8-12(13)15/h5-6,8-10,16H,4,7H2,1-3H3. The number of nitrogens with one attached hydrogen (secondary N) is 1. The van der Waals surface area contributed by atoms with Crippen molar-refractivity contribution in [1.82, 2.24) is 5.32 Å². The Morgan fingerprint density at radius 1 is 1.29 bits per heavy atom. The molecule has 0 fully saturated rings. The molecule has 0 amide bonds.